The lowest BCUT2D eigenvalue weighted by molar-refractivity contribution is -0.143. The average molecular weight is 231 g/mol. The van der Waals surface area contributed by atoms with Crippen LogP contribution >= 0.6 is 0 Å². The second-order valence-corrected chi connectivity index (χ2v) is 5.06. The van der Waals surface area contributed by atoms with Gasteiger partial charge in [-0.05, 0) is 24.8 Å². The van der Waals surface area contributed by atoms with E-state index in [0.29, 0.717) is 12.5 Å². The molecule has 0 spiro atoms. The second kappa shape index (κ2) is 4.06. The SMILES string of the molecule is O=C(O)C1CCC2=C3C=CC=CC3CCN2C1. The van der Waals surface area contributed by atoms with Gasteiger partial charge in [0, 0.05) is 24.7 Å². The molecule has 90 valence electrons. The van der Waals surface area contributed by atoms with Crippen molar-refractivity contribution in [3.8, 4) is 0 Å². The summed E-state index contributed by atoms with van der Waals surface area (Å²) in [5.41, 5.74) is 2.81. The van der Waals surface area contributed by atoms with Crippen LogP contribution in [0.4, 0.5) is 0 Å². The van der Waals surface area contributed by atoms with Gasteiger partial charge in [0.05, 0.1) is 5.92 Å². The van der Waals surface area contributed by atoms with Crippen molar-refractivity contribution in [3.05, 3.63) is 35.6 Å². The zero-order valence-electron chi connectivity index (χ0n) is 9.80. The molecule has 0 aromatic heterocycles. The molecule has 3 aliphatic rings. The predicted octanol–water partition coefficient (Wildman–Crippen LogP) is 2.18. The first kappa shape index (κ1) is 10.6. The van der Waals surface area contributed by atoms with E-state index in [1.807, 2.05) is 0 Å². The van der Waals surface area contributed by atoms with Crippen LogP contribution in [-0.4, -0.2) is 29.1 Å². The van der Waals surface area contributed by atoms with Crippen molar-refractivity contribution in [1.82, 2.24) is 4.90 Å². The zero-order valence-corrected chi connectivity index (χ0v) is 9.80. The molecule has 1 aliphatic carbocycles. The van der Waals surface area contributed by atoms with Crippen molar-refractivity contribution in [2.45, 2.75) is 19.3 Å². The van der Waals surface area contributed by atoms with E-state index in [-0.39, 0.29) is 5.92 Å². The fourth-order valence-electron chi connectivity index (χ4n) is 3.13. The highest BCUT2D eigenvalue weighted by Crippen LogP contribution is 2.37. The summed E-state index contributed by atoms with van der Waals surface area (Å²) < 4.78 is 0. The Morgan fingerprint density at radius 1 is 1.35 bits per heavy atom. The number of hydrogen-bond acceptors (Lipinski definition) is 2. The maximum absolute atomic E-state index is 11.0. The van der Waals surface area contributed by atoms with Crippen LogP contribution in [0.25, 0.3) is 0 Å². The molecule has 1 N–H and O–H groups in total. The number of aliphatic carboxylic acids is 1. The van der Waals surface area contributed by atoms with Gasteiger partial charge in [0.25, 0.3) is 0 Å². The minimum atomic E-state index is -0.643. The summed E-state index contributed by atoms with van der Waals surface area (Å²) in [6.45, 7) is 1.70. The molecule has 1 saturated heterocycles. The summed E-state index contributed by atoms with van der Waals surface area (Å²) in [4.78, 5) is 13.3. The lowest BCUT2D eigenvalue weighted by Gasteiger charge is -2.41. The summed E-state index contributed by atoms with van der Waals surface area (Å²) in [5, 5.41) is 9.09. The highest BCUT2D eigenvalue weighted by Gasteiger charge is 2.33. The molecule has 0 amide bonds. The Balaban J connectivity index is 1.87. The fraction of sp³-hybridized carbons (Fsp3) is 0.500. The monoisotopic (exact) mass is 231 g/mol. The normalized spacial score (nSPS) is 31.2. The molecule has 1 fully saturated rings. The maximum Gasteiger partial charge on any atom is 0.308 e. The first-order valence-electron chi connectivity index (χ1n) is 6.31. The Labute approximate surface area is 101 Å². The van der Waals surface area contributed by atoms with E-state index in [4.69, 9.17) is 5.11 Å². The minimum absolute atomic E-state index is 0.181. The van der Waals surface area contributed by atoms with Gasteiger partial charge in [-0.2, -0.15) is 0 Å². The highest BCUT2D eigenvalue weighted by molar-refractivity contribution is 5.70. The Kier molecular flexibility index (Phi) is 2.54. The van der Waals surface area contributed by atoms with Gasteiger partial charge in [-0.15, -0.1) is 0 Å². The van der Waals surface area contributed by atoms with Crippen LogP contribution < -0.4 is 0 Å². The van der Waals surface area contributed by atoms with Crippen LogP contribution in [0.15, 0.2) is 35.6 Å². The van der Waals surface area contributed by atoms with Crippen LogP contribution in [0.5, 0.6) is 0 Å². The average Bonchev–Trinajstić information content (AvgIpc) is 2.38. The number of piperidine rings is 1. The molecular weight excluding hydrogens is 214 g/mol. The molecule has 0 saturated carbocycles. The van der Waals surface area contributed by atoms with E-state index < -0.39 is 5.97 Å². The minimum Gasteiger partial charge on any atom is -0.481 e. The van der Waals surface area contributed by atoms with Crippen molar-refractivity contribution in [2.75, 3.05) is 13.1 Å². The van der Waals surface area contributed by atoms with Gasteiger partial charge in [-0.25, -0.2) is 0 Å². The summed E-state index contributed by atoms with van der Waals surface area (Å²) in [7, 11) is 0. The van der Waals surface area contributed by atoms with Crippen molar-refractivity contribution < 1.29 is 9.90 Å². The van der Waals surface area contributed by atoms with Crippen LogP contribution in [0.2, 0.25) is 0 Å². The zero-order chi connectivity index (χ0) is 11.8. The summed E-state index contributed by atoms with van der Waals surface area (Å²) in [6, 6.07) is 0. The van der Waals surface area contributed by atoms with E-state index in [2.05, 4.69) is 29.2 Å². The van der Waals surface area contributed by atoms with E-state index in [1.54, 1.807) is 0 Å². The lowest BCUT2D eigenvalue weighted by atomic mass is 9.82. The molecule has 17 heavy (non-hydrogen) atoms. The lowest BCUT2D eigenvalue weighted by Crippen LogP contribution is -2.41. The van der Waals surface area contributed by atoms with E-state index in [0.717, 1.165) is 25.8 Å². The van der Waals surface area contributed by atoms with E-state index in [9.17, 15) is 4.79 Å². The van der Waals surface area contributed by atoms with Crippen LogP contribution in [0.1, 0.15) is 19.3 Å². The van der Waals surface area contributed by atoms with Crippen LogP contribution in [0.3, 0.4) is 0 Å². The largest absolute Gasteiger partial charge is 0.481 e. The number of carbonyl (C=O) groups is 1. The first-order chi connectivity index (χ1) is 8.25. The van der Waals surface area contributed by atoms with Crippen LogP contribution in [0, 0.1) is 11.8 Å². The van der Waals surface area contributed by atoms with Crippen molar-refractivity contribution in [3.63, 3.8) is 0 Å². The number of hydrogen-bond donors (Lipinski definition) is 1. The molecule has 3 rings (SSSR count). The Bertz CT molecular complexity index is 434. The third kappa shape index (κ3) is 1.79. The van der Waals surface area contributed by atoms with Gasteiger partial charge in [0.15, 0.2) is 0 Å². The maximum atomic E-state index is 11.0. The van der Waals surface area contributed by atoms with Gasteiger partial charge in [-0.3, -0.25) is 4.79 Å². The Hall–Kier alpha value is -1.51. The molecule has 2 unspecified atom stereocenters. The van der Waals surface area contributed by atoms with Crippen molar-refractivity contribution in [1.29, 1.82) is 0 Å². The number of fused-ring (bicyclic) bond motifs is 2. The van der Waals surface area contributed by atoms with Crippen molar-refractivity contribution >= 4 is 5.97 Å². The smallest absolute Gasteiger partial charge is 0.308 e. The fourth-order valence-corrected chi connectivity index (χ4v) is 3.13. The Morgan fingerprint density at radius 2 is 2.24 bits per heavy atom. The van der Waals surface area contributed by atoms with Gasteiger partial charge in [0.1, 0.15) is 0 Å². The third-order valence-corrected chi connectivity index (χ3v) is 4.07. The topological polar surface area (TPSA) is 40.5 Å². The second-order valence-electron chi connectivity index (χ2n) is 5.06. The molecule has 3 heteroatoms. The standard InChI is InChI=1S/C14H17NO2/c16-14(17)11-5-6-13-12-4-2-1-3-10(12)7-8-15(13)9-11/h1-4,10-11H,5-9H2,(H,16,17). The quantitative estimate of drug-likeness (QED) is 0.752. The van der Waals surface area contributed by atoms with Crippen molar-refractivity contribution in [2.24, 2.45) is 11.8 Å². The van der Waals surface area contributed by atoms with E-state index in [1.165, 1.54) is 11.3 Å². The molecule has 3 nitrogen and oxygen atoms in total. The van der Waals surface area contributed by atoms with Gasteiger partial charge < -0.3 is 10.0 Å². The van der Waals surface area contributed by atoms with E-state index >= 15 is 0 Å². The molecule has 0 aromatic carbocycles. The molecular formula is C14H17NO2. The molecule has 2 atom stereocenters. The van der Waals surface area contributed by atoms with Gasteiger partial charge in [0.2, 0.25) is 0 Å². The summed E-state index contributed by atoms with van der Waals surface area (Å²) >= 11 is 0. The molecule has 2 aliphatic heterocycles. The molecule has 0 aromatic rings. The number of allylic oxidation sites excluding steroid dienone is 6. The number of carboxylic acid groups (broad SMARTS) is 1. The number of rotatable bonds is 1. The Morgan fingerprint density at radius 3 is 3.06 bits per heavy atom. The predicted molar refractivity (Wildman–Crippen MR) is 65.3 cm³/mol. The number of nitrogens with zero attached hydrogens (tertiary/aromatic N) is 1. The first-order valence-corrected chi connectivity index (χ1v) is 6.31. The molecule has 0 bridgehead atoms. The van der Waals surface area contributed by atoms with Crippen LogP contribution in [-0.2, 0) is 4.79 Å². The molecule has 2 heterocycles. The summed E-state index contributed by atoms with van der Waals surface area (Å²) in [5.74, 6) is -0.262. The van der Waals surface area contributed by atoms with Gasteiger partial charge >= 0.3 is 5.97 Å². The highest BCUT2D eigenvalue weighted by atomic mass is 16.4. The number of carboxylic acids is 1. The third-order valence-electron chi connectivity index (χ3n) is 4.07. The van der Waals surface area contributed by atoms with Gasteiger partial charge in [-0.1, -0.05) is 24.3 Å². The summed E-state index contributed by atoms with van der Waals surface area (Å²) in [6.07, 6.45) is 11.5. The molecule has 0 radical (unpaired) electrons.